The lowest BCUT2D eigenvalue weighted by Gasteiger charge is -1.71. The first-order valence-electron chi connectivity index (χ1n) is 2.08. The van der Waals surface area contributed by atoms with Crippen molar-refractivity contribution in [1.29, 1.82) is 0 Å². The standard InChI is InChI=1S/C4H6FN/c5-4-2-1-3-6-4/h1-3H2. The van der Waals surface area contributed by atoms with Crippen LogP contribution in [-0.2, 0) is 0 Å². The zero-order chi connectivity index (χ0) is 4.41. The van der Waals surface area contributed by atoms with Gasteiger partial charge in [-0.1, -0.05) is 0 Å². The number of hydrogen-bond acceptors (Lipinski definition) is 1. The molecule has 0 aromatic carbocycles. The van der Waals surface area contributed by atoms with E-state index < -0.39 is 0 Å². The van der Waals surface area contributed by atoms with E-state index in [9.17, 15) is 4.39 Å². The van der Waals surface area contributed by atoms with Crippen LogP contribution in [0.15, 0.2) is 4.99 Å². The van der Waals surface area contributed by atoms with Crippen LogP contribution >= 0.6 is 0 Å². The number of aliphatic imine (C=N–C) groups is 1. The van der Waals surface area contributed by atoms with E-state index in [0.717, 1.165) is 6.42 Å². The number of rotatable bonds is 0. The van der Waals surface area contributed by atoms with Crippen LogP contribution in [0.2, 0.25) is 0 Å². The molecule has 0 aromatic heterocycles. The molecule has 1 nitrogen and oxygen atoms in total. The molecule has 0 aromatic rings. The third-order valence-corrected chi connectivity index (χ3v) is 0.825. The summed E-state index contributed by atoms with van der Waals surface area (Å²) in [6.45, 7) is 0.700. The molecular formula is C4H6FN. The molecule has 1 aliphatic rings. The van der Waals surface area contributed by atoms with Gasteiger partial charge in [0.05, 0.1) is 0 Å². The van der Waals surface area contributed by atoms with Gasteiger partial charge in [0, 0.05) is 13.0 Å². The molecule has 0 radical (unpaired) electrons. The summed E-state index contributed by atoms with van der Waals surface area (Å²) < 4.78 is 11.7. The molecule has 0 bridgehead atoms. The average Bonchev–Trinajstić information content (AvgIpc) is 1.86. The summed E-state index contributed by atoms with van der Waals surface area (Å²) in [5, 5.41) is 0. The van der Waals surface area contributed by atoms with E-state index in [0.29, 0.717) is 13.0 Å². The molecule has 0 fully saturated rings. The molecule has 1 heterocycles. The summed E-state index contributed by atoms with van der Waals surface area (Å²) in [6, 6.07) is 0. The van der Waals surface area contributed by atoms with E-state index in [1.165, 1.54) is 0 Å². The topological polar surface area (TPSA) is 12.4 Å². The van der Waals surface area contributed by atoms with Crippen molar-refractivity contribution >= 4 is 5.97 Å². The molecule has 0 saturated carbocycles. The molecule has 6 heavy (non-hydrogen) atoms. The Balaban J connectivity index is 2.45. The van der Waals surface area contributed by atoms with Gasteiger partial charge >= 0.3 is 0 Å². The van der Waals surface area contributed by atoms with Gasteiger partial charge in [0.1, 0.15) is 0 Å². The Kier molecular flexibility index (Phi) is 0.862. The predicted octanol–water partition coefficient (Wildman–Crippen LogP) is 1.15. The summed E-state index contributed by atoms with van der Waals surface area (Å²) in [4.78, 5) is 3.49. The maximum Gasteiger partial charge on any atom is 0.184 e. The molecule has 1 rings (SSSR count). The van der Waals surface area contributed by atoms with Gasteiger partial charge in [-0.2, -0.15) is 4.39 Å². The minimum atomic E-state index is -0.171. The molecule has 34 valence electrons. The second-order valence-electron chi connectivity index (χ2n) is 1.36. The Hall–Kier alpha value is -0.400. The Bertz CT molecular complexity index is 77.6. The first-order chi connectivity index (χ1) is 2.89. The zero-order valence-corrected chi connectivity index (χ0v) is 3.45. The second-order valence-corrected chi connectivity index (χ2v) is 1.36. The largest absolute Gasteiger partial charge is 0.262 e. The third-order valence-electron chi connectivity index (χ3n) is 0.825. The van der Waals surface area contributed by atoms with Crippen LogP contribution in [0.1, 0.15) is 12.8 Å². The molecule has 0 saturated heterocycles. The van der Waals surface area contributed by atoms with Gasteiger partial charge in [0.15, 0.2) is 5.97 Å². The minimum Gasteiger partial charge on any atom is -0.262 e. The molecule has 0 aliphatic carbocycles. The highest BCUT2D eigenvalue weighted by Gasteiger charge is 2.01. The van der Waals surface area contributed by atoms with E-state index in [1.807, 2.05) is 0 Å². The fraction of sp³-hybridized carbons (Fsp3) is 0.750. The van der Waals surface area contributed by atoms with E-state index in [4.69, 9.17) is 0 Å². The SMILES string of the molecule is FC1=NCCC1. The summed E-state index contributed by atoms with van der Waals surface area (Å²) in [7, 11) is 0. The summed E-state index contributed by atoms with van der Waals surface area (Å²) in [5.41, 5.74) is 0. The lowest BCUT2D eigenvalue weighted by atomic mass is 10.4. The van der Waals surface area contributed by atoms with E-state index in [-0.39, 0.29) is 5.97 Å². The molecule has 0 atom stereocenters. The van der Waals surface area contributed by atoms with Crippen molar-refractivity contribution in [3.05, 3.63) is 0 Å². The molecule has 1 aliphatic heterocycles. The smallest absolute Gasteiger partial charge is 0.184 e. The van der Waals surface area contributed by atoms with Gasteiger partial charge in [-0.3, -0.25) is 4.99 Å². The number of nitrogens with zero attached hydrogens (tertiary/aromatic N) is 1. The second kappa shape index (κ2) is 1.37. The summed E-state index contributed by atoms with van der Waals surface area (Å²) in [6.07, 6.45) is 1.48. The van der Waals surface area contributed by atoms with Crippen molar-refractivity contribution in [2.75, 3.05) is 6.54 Å². The van der Waals surface area contributed by atoms with Crippen LogP contribution in [0, 0.1) is 0 Å². The van der Waals surface area contributed by atoms with Gasteiger partial charge in [-0.15, -0.1) is 0 Å². The van der Waals surface area contributed by atoms with E-state index in [2.05, 4.69) is 4.99 Å². The minimum absolute atomic E-state index is 0.171. The van der Waals surface area contributed by atoms with Crippen LogP contribution in [-0.4, -0.2) is 12.5 Å². The van der Waals surface area contributed by atoms with Crippen molar-refractivity contribution in [3.63, 3.8) is 0 Å². The van der Waals surface area contributed by atoms with Gasteiger partial charge in [-0.05, 0) is 6.42 Å². The lowest BCUT2D eigenvalue weighted by molar-refractivity contribution is 0.779. The predicted molar refractivity (Wildman–Crippen MR) is 22.6 cm³/mol. The maximum atomic E-state index is 11.7. The van der Waals surface area contributed by atoms with E-state index in [1.54, 1.807) is 0 Å². The Morgan fingerprint density at radius 1 is 1.67 bits per heavy atom. The van der Waals surface area contributed by atoms with E-state index >= 15 is 0 Å². The molecule has 0 unspecified atom stereocenters. The van der Waals surface area contributed by atoms with Crippen LogP contribution < -0.4 is 0 Å². The summed E-state index contributed by atoms with van der Waals surface area (Å²) in [5.74, 6) is -0.171. The fourth-order valence-corrected chi connectivity index (χ4v) is 0.504. The molecule has 0 spiro atoms. The maximum absolute atomic E-state index is 11.7. The molecule has 0 N–H and O–H groups in total. The van der Waals surface area contributed by atoms with Crippen molar-refractivity contribution in [2.45, 2.75) is 12.8 Å². The van der Waals surface area contributed by atoms with Crippen LogP contribution in [0.3, 0.4) is 0 Å². The van der Waals surface area contributed by atoms with Gasteiger partial charge in [-0.25, -0.2) is 0 Å². The van der Waals surface area contributed by atoms with Gasteiger partial charge in [0.2, 0.25) is 0 Å². The first kappa shape index (κ1) is 3.78. The van der Waals surface area contributed by atoms with Crippen LogP contribution in [0.4, 0.5) is 4.39 Å². The molecular weight excluding hydrogens is 81.0 g/mol. The van der Waals surface area contributed by atoms with Crippen LogP contribution in [0.25, 0.3) is 0 Å². The Morgan fingerprint density at radius 3 is 2.67 bits per heavy atom. The zero-order valence-electron chi connectivity index (χ0n) is 3.45. The fourth-order valence-electron chi connectivity index (χ4n) is 0.504. The lowest BCUT2D eigenvalue weighted by Crippen LogP contribution is -1.74. The normalized spacial score (nSPS) is 21.2. The Labute approximate surface area is 35.9 Å². The first-order valence-corrected chi connectivity index (χ1v) is 2.08. The van der Waals surface area contributed by atoms with Crippen LogP contribution in [0.5, 0.6) is 0 Å². The van der Waals surface area contributed by atoms with Crippen molar-refractivity contribution in [1.82, 2.24) is 0 Å². The van der Waals surface area contributed by atoms with Crippen molar-refractivity contribution < 1.29 is 4.39 Å². The molecule has 2 heteroatoms. The third kappa shape index (κ3) is 0.559. The molecule has 0 amide bonds. The number of hydrogen-bond donors (Lipinski definition) is 0. The van der Waals surface area contributed by atoms with Gasteiger partial charge in [0.25, 0.3) is 0 Å². The quantitative estimate of drug-likeness (QED) is 0.420. The Morgan fingerprint density at radius 2 is 2.50 bits per heavy atom. The van der Waals surface area contributed by atoms with Crippen molar-refractivity contribution in [3.8, 4) is 0 Å². The van der Waals surface area contributed by atoms with Crippen molar-refractivity contribution in [2.24, 2.45) is 4.99 Å². The van der Waals surface area contributed by atoms with Gasteiger partial charge < -0.3 is 0 Å². The highest BCUT2D eigenvalue weighted by Crippen LogP contribution is 2.02. The summed E-state index contributed by atoms with van der Waals surface area (Å²) >= 11 is 0. The number of halogens is 1. The highest BCUT2D eigenvalue weighted by atomic mass is 19.1. The average molecular weight is 87.1 g/mol. The monoisotopic (exact) mass is 87.0 g/mol. The highest BCUT2D eigenvalue weighted by molar-refractivity contribution is 5.76.